The summed E-state index contributed by atoms with van der Waals surface area (Å²) in [4.78, 5) is 15.1. The van der Waals surface area contributed by atoms with Gasteiger partial charge in [-0.25, -0.2) is 14.2 Å². The molecule has 0 unspecified atom stereocenters. The molecule has 6 heteroatoms. The highest BCUT2D eigenvalue weighted by Crippen LogP contribution is 2.23. The molecule has 94 valence electrons. The molecule has 0 radical (unpaired) electrons. The van der Waals surface area contributed by atoms with Crippen LogP contribution in [0.25, 0.3) is 0 Å². The lowest BCUT2D eigenvalue weighted by atomic mass is 10.1. The monoisotopic (exact) mass is 266 g/mol. The third kappa shape index (κ3) is 2.70. The number of thioether (sulfide) groups is 1. The van der Waals surface area contributed by atoms with Crippen LogP contribution in [0.15, 0.2) is 35.7 Å². The number of aromatic nitrogens is 2. The summed E-state index contributed by atoms with van der Waals surface area (Å²) in [6.45, 7) is 0. The summed E-state index contributed by atoms with van der Waals surface area (Å²) >= 11 is 1.37. The van der Waals surface area contributed by atoms with E-state index in [4.69, 9.17) is 5.11 Å². The molecule has 0 atom stereocenters. The zero-order valence-electron chi connectivity index (χ0n) is 9.63. The maximum absolute atomic E-state index is 13.1. The van der Waals surface area contributed by atoms with Crippen molar-refractivity contribution in [2.24, 2.45) is 7.05 Å². The van der Waals surface area contributed by atoms with Crippen molar-refractivity contribution in [3.8, 4) is 0 Å². The molecule has 1 aromatic heterocycles. The fraction of sp³-hybridized carbons (Fsp3) is 0.167. The second kappa shape index (κ2) is 5.22. The first-order chi connectivity index (χ1) is 8.58. The van der Waals surface area contributed by atoms with Crippen molar-refractivity contribution in [2.75, 3.05) is 0 Å². The number of nitrogens with zero attached hydrogens (tertiary/aromatic N) is 2. The van der Waals surface area contributed by atoms with E-state index in [2.05, 4.69) is 4.98 Å². The Bertz CT molecular complexity index is 583. The van der Waals surface area contributed by atoms with Crippen LogP contribution >= 0.6 is 11.8 Å². The number of hydrogen-bond acceptors (Lipinski definition) is 3. The zero-order chi connectivity index (χ0) is 13.1. The van der Waals surface area contributed by atoms with Gasteiger partial charge in [-0.3, -0.25) is 0 Å². The molecule has 0 spiro atoms. The van der Waals surface area contributed by atoms with E-state index in [-0.39, 0.29) is 5.56 Å². The molecule has 1 N–H and O–H groups in total. The highest BCUT2D eigenvalue weighted by Gasteiger charge is 2.12. The second-order valence-corrected chi connectivity index (χ2v) is 4.66. The number of carboxylic acid groups (broad SMARTS) is 1. The number of aromatic carboxylic acids is 1. The Morgan fingerprint density at radius 1 is 1.56 bits per heavy atom. The fourth-order valence-electron chi connectivity index (χ4n) is 1.52. The van der Waals surface area contributed by atoms with E-state index in [9.17, 15) is 9.18 Å². The third-order valence-corrected chi connectivity index (χ3v) is 3.54. The van der Waals surface area contributed by atoms with Crippen molar-refractivity contribution in [1.82, 2.24) is 9.55 Å². The van der Waals surface area contributed by atoms with Crippen molar-refractivity contribution in [1.29, 1.82) is 0 Å². The molecule has 0 fully saturated rings. The predicted octanol–water partition coefficient (Wildman–Crippen LogP) is 2.55. The Morgan fingerprint density at radius 2 is 2.33 bits per heavy atom. The summed E-state index contributed by atoms with van der Waals surface area (Å²) in [5.74, 6) is -1.12. The number of hydrogen-bond donors (Lipinski definition) is 1. The lowest BCUT2D eigenvalue weighted by Crippen LogP contribution is -2.02. The lowest BCUT2D eigenvalue weighted by molar-refractivity contribution is 0.0696. The van der Waals surface area contributed by atoms with Crippen LogP contribution in [0.1, 0.15) is 15.9 Å². The number of aryl methyl sites for hydroxylation is 1. The van der Waals surface area contributed by atoms with Crippen molar-refractivity contribution in [2.45, 2.75) is 10.9 Å². The van der Waals surface area contributed by atoms with Crippen LogP contribution in [0.3, 0.4) is 0 Å². The summed E-state index contributed by atoms with van der Waals surface area (Å²) in [6, 6.07) is 3.68. The van der Waals surface area contributed by atoms with E-state index in [1.165, 1.54) is 23.9 Å². The lowest BCUT2D eigenvalue weighted by Gasteiger charge is -2.06. The van der Waals surface area contributed by atoms with E-state index in [1.807, 2.05) is 11.6 Å². The van der Waals surface area contributed by atoms with Gasteiger partial charge in [-0.2, -0.15) is 0 Å². The second-order valence-electron chi connectivity index (χ2n) is 3.72. The maximum Gasteiger partial charge on any atom is 0.335 e. The van der Waals surface area contributed by atoms with Gasteiger partial charge in [0.2, 0.25) is 0 Å². The van der Waals surface area contributed by atoms with Gasteiger partial charge in [-0.1, -0.05) is 11.8 Å². The summed E-state index contributed by atoms with van der Waals surface area (Å²) in [7, 11) is 1.85. The van der Waals surface area contributed by atoms with Gasteiger partial charge >= 0.3 is 5.97 Å². The topological polar surface area (TPSA) is 55.1 Å². The largest absolute Gasteiger partial charge is 0.478 e. The summed E-state index contributed by atoms with van der Waals surface area (Å²) < 4.78 is 15.0. The molecule has 2 aromatic rings. The predicted molar refractivity (Wildman–Crippen MR) is 66.1 cm³/mol. The van der Waals surface area contributed by atoms with E-state index in [1.54, 1.807) is 12.4 Å². The van der Waals surface area contributed by atoms with Gasteiger partial charge in [0.05, 0.1) is 5.56 Å². The van der Waals surface area contributed by atoms with E-state index in [0.29, 0.717) is 11.3 Å². The number of halogens is 1. The highest BCUT2D eigenvalue weighted by atomic mass is 32.2. The number of benzene rings is 1. The fourth-order valence-corrected chi connectivity index (χ4v) is 2.45. The van der Waals surface area contributed by atoms with Crippen LogP contribution in [-0.4, -0.2) is 20.6 Å². The van der Waals surface area contributed by atoms with Crippen molar-refractivity contribution in [3.05, 3.63) is 47.5 Å². The Labute approximate surface area is 107 Å². The molecule has 18 heavy (non-hydrogen) atoms. The summed E-state index contributed by atoms with van der Waals surface area (Å²) in [5, 5.41) is 9.78. The average molecular weight is 266 g/mol. The van der Waals surface area contributed by atoms with Crippen LogP contribution in [0, 0.1) is 5.82 Å². The van der Waals surface area contributed by atoms with Gasteiger partial charge in [0.1, 0.15) is 5.82 Å². The third-order valence-electron chi connectivity index (χ3n) is 2.43. The maximum atomic E-state index is 13.1. The zero-order valence-corrected chi connectivity index (χ0v) is 10.4. The molecule has 0 amide bonds. The molecular weight excluding hydrogens is 255 g/mol. The van der Waals surface area contributed by atoms with Crippen molar-refractivity contribution in [3.63, 3.8) is 0 Å². The minimum atomic E-state index is -1.05. The van der Waals surface area contributed by atoms with Gasteiger partial charge in [0.25, 0.3) is 0 Å². The van der Waals surface area contributed by atoms with Crippen LogP contribution < -0.4 is 0 Å². The van der Waals surface area contributed by atoms with Gasteiger partial charge in [0, 0.05) is 25.2 Å². The molecule has 4 nitrogen and oxygen atoms in total. The molecule has 0 bridgehead atoms. The Balaban J connectivity index is 2.20. The van der Waals surface area contributed by atoms with Gasteiger partial charge < -0.3 is 9.67 Å². The van der Waals surface area contributed by atoms with Crippen LogP contribution in [0.2, 0.25) is 0 Å². The Kier molecular flexibility index (Phi) is 3.66. The smallest absolute Gasteiger partial charge is 0.335 e. The van der Waals surface area contributed by atoms with E-state index in [0.717, 1.165) is 11.2 Å². The quantitative estimate of drug-likeness (QED) is 0.864. The molecule has 1 aromatic carbocycles. The van der Waals surface area contributed by atoms with E-state index >= 15 is 0 Å². The number of carboxylic acids is 1. The Morgan fingerprint density at radius 3 is 2.94 bits per heavy atom. The Hall–Kier alpha value is -1.82. The highest BCUT2D eigenvalue weighted by molar-refractivity contribution is 7.98. The van der Waals surface area contributed by atoms with Crippen molar-refractivity contribution < 1.29 is 14.3 Å². The number of rotatable bonds is 4. The normalized spacial score (nSPS) is 10.6. The average Bonchev–Trinajstić information content (AvgIpc) is 2.72. The summed E-state index contributed by atoms with van der Waals surface area (Å²) in [6.07, 6.45) is 3.46. The number of imidazole rings is 1. The minimum Gasteiger partial charge on any atom is -0.478 e. The molecule has 0 aliphatic carbocycles. The first-order valence-corrected chi connectivity index (χ1v) is 6.18. The van der Waals surface area contributed by atoms with Crippen molar-refractivity contribution >= 4 is 17.7 Å². The minimum absolute atomic E-state index is 0.123. The molecule has 0 aliphatic heterocycles. The van der Waals surface area contributed by atoms with Gasteiger partial charge in [-0.05, 0) is 23.8 Å². The molecule has 0 aliphatic rings. The first kappa shape index (κ1) is 12.6. The molecule has 1 heterocycles. The van der Waals surface area contributed by atoms with Gasteiger partial charge in [0.15, 0.2) is 5.16 Å². The van der Waals surface area contributed by atoms with Crippen LogP contribution in [0.4, 0.5) is 4.39 Å². The molecule has 0 saturated carbocycles. The summed E-state index contributed by atoms with van der Waals surface area (Å²) in [5.41, 5.74) is 0.577. The molecular formula is C12H11FN2O2S. The van der Waals surface area contributed by atoms with Crippen LogP contribution in [0.5, 0.6) is 0 Å². The van der Waals surface area contributed by atoms with Crippen LogP contribution in [-0.2, 0) is 12.8 Å². The number of carbonyl (C=O) groups is 1. The first-order valence-electron chi connectivity index (χ1n) is 5.20. The van der Waals surface area contributed by atoms with E-state index < -0.39 is 11.8 Å². The standard InChI is InChI=1S/C12H11FN2O2S/c1-15-5-4-14-12(15)18-7-8-6-9(13)2-3-10(8)11(16)17/h2-6H,7H2,1H3,(H,16,17). The molecule has 0 saturated heterocycles. The molecule has 2 rings (SSSR count). The van der Waals surface area contributed by atoms with Gasteiger partial charge in [-0.15, -0.1) is 0 Å². The SMILES string of the molecule is Cn1ccnc1SCc1cc(F)ccc1C(=O)O.